The van der Waals surface area contributed by atoms with Gasteiger partial charge in [-0.3, -0.25) is 4.90 Å². The zero-order valence-electron chi connectivity index (χ0n) is 15.0. The molecule has 1 aromatic heterocycles. The Kier molecular flexibility index (Phi) is 4.82. The number of rotatable bonds is 3. The number of nitrogens with zero attached hydrogens (tertiary/aromatic N) is 2. The van der Waals surface area contributed by atoms with E-state index in [-0.39, 0.29) is 12.0 Å². The Balaban J connectivity index is 1.55. The van der Waals surface area contributed by atoms with Gasteiger partial charge in [-0.25, -0.2) is 9.78 Å². The summed E-state index contributed by atoms with van der Waals surface area (Å²) < 4.78 is 6.06. The van der Waals surface area contributed by atoms with Gasteiger partial charge < -0.3 is 10.1 Å². The number of ether oxygens (including phenoxy) is 1. The molecular formula is C20H22BrN3O2. The van der Waals surface area contributed by atoms with Crippen molar-refractivity contribution >= 4 is 21.9 Å². The van der Waals surface area contributed by atoms with E-state index in [4.69, 9.17) is 4.74 Å². The largest absolute Gasteiger partial charge is 0.457 e. The van der Waals surface area contributed by atoms with E-state index in [2.05, 4.69) is 57.1 Å². The third kappa shape index (κ3) is 3.41. The summed E-state index contributed by atoms with van der Waals surface area (Å²) in [6.07, 6.45) is 1.93. The average Bonchev–Trinajstić information content (AvgIpc) is 2.99. The van der Waals surface area contributed by atoms with Gasteiger partial charge in [-0.2, -0.15) is 0 Å². The van der Waals surface area contributed by atoms with E-state index in [1.807, 2.05) is 18.3 Å². The van der Waals surface area contributed by atoms with Crippen LogP contribution in [0.2, 0.25) is 0 Å². The lowest BCUT2D eigenvalue weighted by molar-refractivity contribution is 0.0535. The molecule has 0 aliphatic carbocycles. The Morgan fingerprint density at radius 2 is 2.15 bits per heavy atom. The fraction of sp³-hybridized carbons (Fsp3) is 0.400. The minimum atomic E-state index is -0.205. The molecule has 1 fully saturated rings. The summed E-state index contributed by atoms with van der Waals surface area (Å²) in [4.78, 5) is 18.6. The Labute approximate surface area is 161 Å². The van der Waals surface area contributed by atoms with Crippen LogP contribution < -0.4 is 5.32 Å². The number of carbonyl (C=O) groups excluding carboxylic acids is 1. The van der Waals surface area contributed by atoms with Gasteiger partial charge in [0.1, 0.15) is 11.2 Å². The normalized spacial score (nSPS) is 23.0. The maximum atomic E-state index is 11.8. The van der Waals surface area contributed by atoms with Gasteiger partial charge in [0.2, 0.25) is 0 Å². The number of aromatic nitrogens is 1. The maximum Gasteiger partial charge on any atom is 0.338 e. The Morgan fingerprint density at radius 3 is 2.92 bits per heavy atom. The quantitative estimate of drug-likeness (QED) is 0.615. The molecule has 136 valence electrons. The Bertz CT molecular complexity index is 838. The summed E-state index contributed by atoms with van der Waals surface area (Å²) in [5.74, 6) is -0.205. The van der Waals surface area contributed by atoms with E-state index < -0.39 is 0 Å². The molecule has 2 atom stereocenters. The molecule has 2 aromatic rings. The second-order valence-electron chi connectivity index (χ2n) is 7.19. The van der Waals surface area contributed by atoms with Gasteiger partial charge in [-0.05, 0) is 58.6 Å². The van der Waals surface area contributed by atoms with Gasteiger partial charge in [-0.1, -0.05) is 12.1 Å². The molecule has 1 aromatic carbocycles. The van der Waals surface area contributed by atoms with Crippen LogP contribution in [0.4, 0.5) is 0 Å². The van der Waals surface area contributed by atoms with Crippen LogP contribution in [0.5, 0.6) is 0 Å². The van der Waals surface area contributed by atoms with E-state index in [1.165, 1.54) is 16.7 Å². The van der Waals surface area contributed by atoms with Crippen molar-refractivity contribution < 1.29 is 9.53 Å². The molecule has 26 heavy (non-hydrogen) atoms. The van der Waals surface area contributed by atoms with Crippen molar-refractivity contribution in [2.24, 2.45) is 0 Å². The summed E-state index contributed by atoms with van der Waals surface area (Å²) in [7, 11) is 0. The molecule has 0 saturated carbocycles. The van der Waals surface area contributed by atoms with Crippen LogP contribution in [-0.2, 0) is 17.9 Å². The van der Waals surface area contributed by atoms with E-state index in [0.717, 1.165) is 29.8 Å². The van der Waals surface area contributed by atoms with E-state index in [1.54, 1.807) is 0 Å². The summed E-state index contributed by atoms with van der Waals surface area (Å²) in [6.45, 7) is 7.51. The first kappa shape index (κ1) is 17.6. The molecule has 0 amide bonds. The molecule has 5 nitrogen and oxygen atoms in total. The molecule has 0 radical (unpaired) electrons. The van der Waals surface area contributed by atoms with Crippen LogP contribution in [0.3, 0.4) is 0 Å². The first-order valence-electron chi connectivity index (χ1n) is 8.89. The number of esters is 1. The number of fused-ring (bicyclic) bond motifs is 1. The van der Waals surface area contributed by atoms with E-state index in [9.17, 15) is 4.79 Å². The van der Waals surface area contributed by atoms with Gasteiger partial charge in [0, 0.05) is 43.5 Å². The first-order chi connectivity index (χ1) is 12.5. The molecule has 0 spiro atoms. The Hall–Kier alpha value is -1.76. The van der Waals surface area contributed by atoms with Gasteiger partial charge >= 0.3 is 5.97 Å². The lowest BCUT2D eigenvalue weighted by Crippen LogP contribution is -2.50. The van der Waals surface area contributed by atoms with E-state index in [0.29, 0.717) is 18.2 Å². The number of halogens is 1. The molecule has 1 saturated heterocycles. The minimum absolute atomic E-state index is 0.205. The van der Waals surface area contributed by atoms with Gasteiger partial charge in [0.15, 0.2) is 0 Å². The van der Waals surface area contributed by atoms with Gasteiger partial charge in [-0.15, -0.1) is 0 Å². The molecule has 3 heterocycles. The summed E-state index contributed by atoms with van der Waals surface area (Å²) in [6, 6.07) is 8.72. The fourth-order valence-corrected chi connectivity index (χ4v) is 4.22. The highest BCUT2D eigenvalue weighted by Crippen LogP contribution is 2.31. The van der Waals surface area contributed by atoms with Crippen molar-refractivity contribution in [3.8, 4) is 0 Å². The highest BCUT2D eigenvalue weighted by atomic mass is 79.9. The lowest BCUT2D eigenvalue weighted by Gasteiger charge is -2.38. The molecule has 1 N–H and O–H groups in total. The summed E-state index contributed by atoms with van der Waals surface area (Å²) >= 11 is 3.39. The monoisotopic (exact) mass is 415 g/mol. The van der Waals surface area contributed by atoms with Crippen LogP contribution in [-0.4, -0.2) is 35.0 Å². The second kappa shape index (κ2) is 7.10. The topological polar surface area (TPSA) is 54.5 Å². The highest BCUT2D eigenvalue weighted by Gasteiger charge is 2.30. The molecule has 4 rings (SSSR count). The highest BCUT2D eigenvalue weighted by molar-refractivity contribution is 9.10. The number of nitrogens with one attached hydrogen (secondary N) is 1. The van der Waals surface area contributed by atoms with Crippen molar-refractivity contribution in [2.45, 2.75) is 39.1 Å². The summed E-state index contributed by atoms with van der Waals surface area (Å²) in [5.41, 5.74) is 5.40. The number of pyridine rings is 1. The van der Waals surface area contributed by atoms with E-state index >= 15 is 0 Å². The van der Waals surface area contributed by atoms with Crippen LogP contribution in [0.15, 0.2) is 35.1 Å². The predicted octanol–water partition coefficient (Wildman–Crippen LogP) is 3.36. The fourth-order valence-electron chi connectivity index (χ4n) is 3.99. The van der Waals surface area contributed by atoms with Gasteiger partial charge in [0.25, 0.3) is 0 Å². The number of carbonyl (C=O) groups is 1. The number of piperazine rings is 1. The molecule has 2 aliphatic heterocycles. The first-order valence-corrected chi connectivity index (χ1v) is 9.69. The third-order valence-corrected chi connectivity index (χ3v) is 5.71. The zero-order chi connectivity index (χ0) is 18.3. The third-order valence-electron chi connectivity index (χ3n) is 5.24. The van der Waals surface area contributed by atoms with Crippen molar-refractivity contribution in [3.05, 3.63) is 62.9 Å². The molecule has 0 bridgehead atoms. The zero-order valence-corrected chi connectivity index (χ0v) is 16.5. The van der Waals surface area contributed by atoms with Crippen molar-refractivity contribution in [1.29, 1.82) is 0 Å². The number of hydrogen-bond donors (Lipinski definition) is 1. The van der Waals surface area contributed by atoms with Gasteiger partial charge in [0.05, 0.1) is 5.56 Å². The molecule has 2 aliphatic rings. The van der Waals surface area contributed by atoms with Crippen molar-refractivity contribution in [1.82, 2.24) is 15.2 Å². The molecule has 0 unspecified atom stereocenters. The number of cyclic esters (lactones) is 1. The van der Waals surface area contributed by atoms with Crippen LogP contribution in [0.1, 0.15) is 45.6 Å². The van der Waals surface area contributed by atoms with Crippen LogP contribution >= 0.6 is 15.9 Å². The smallest absolute Gasteiger partial charge is 0.338 e. The number of hydrogen-bond acceptors (Lipinski definition) is 5. The average molecular weight is 416 g/mol. The lowest BCUT2D eigenvalue weighted by atomic mass is 9.92. The summed E-state index contributed by atoms with van der Waals surface area (Å²) in [5, 5.41) is 3.71. The SMILES string of the molecule is Cc1c([C@@H]2CN(Cc3ccc(Br)nc3)C[C@H](C)N2)ccc2c1COC2=O. The molecular weight excluding hydrogens is 394 g/mol. The second-order valence-corrected chi connectivity index (χ2v) is 8.00. The predicted molar refractivity (Wildman–Crippen MR) is 103 cm³/mol. The Morgan fingerprint density at radius 1 is 1.31 bits per heavy atom. The number of benzene rings is 1. The minimum Gasteiger partial charge on any atom is -0.457 e. The molecule has 6 heteroatoms. The maximum absolute atomic E-state index is 11.8. The van der Waals surface area contributed by atoms with Crippen LogP contribution in [0, 0.1) is 6.92 Å². The van der Waals surface area contributed by atoms with Crippen LogP contribution in [0.25, 0.3) is 0 Å². The van der Waals surface area contributed by atoms with Crippen molar-refractivity contribution in [2.75, 3.05) is 13.1 Å². The standard InChI is InChI=1S/C20H22BrN3O2/c1-12-8-24(9-14-3-6-19(21)22-7-14)10-18(23-12)15-4-5-16-17(13(15)2)11-26-20(16)25/h3-7,12,18,23H,8-11H2,1-2H3/t12-,18-/m0/s1. The van der Waals surface area contributed by atoms with Crippen molar-refractivity contribution in [3.63, 3.8) is 0 Å².